The van der Waals surface area contributed by atoms with Gasteiger partial charge in [0.1, 0.15) is 6.04 Å². The van der Waals surface area contributed by atoms with Crippen LogP contribution >= 0.6 is 22.6 Å². The molecule has 0 fully saturated rings. The Bertz CT molecular complexity index is 776. The third-order valence-electron chi connectivity index (χ3n) is 3.68. The molecule has 0 aliphatic carbocycles. The van der Waals surface area contributed by atoms with Gasteiger partial charge in [-0.15, -0.1) is 0 Å². The highest BCUT2D eigenvalue weighted by molar-refractivity contribution is 14.1. The molecule has 0 unspecified atom stereocenters. The second-order valence-electron chi connectivity index (χ2n) is 5.44. The number of carbonyl (C=O) groups excluding carboxylic acids is 2. The number of hydrogen-bond donors (Lipinski definition) is 3. The molecule has 0 saturated carbocycles. The highest BCUT2D eigenvalue weighted by atomic mass is 127. The van der Waals surface area contributed by atoms with Gasteiger partial charge >= 0.3 is 0 Å². The number of rotatable bonds is 3. The number of anilines is 3. The molecule has 5 nitrogen and oxygen atoms in total. The van der Waals surface area contributed by atoms with Gasteiger partial charge in [-0.05, 0) is 65.4 Å². The zero-order valence-corrected chi connectivity index (χ0v) is 14.7. The summed E-state index contributed by atoms with van der Waals surface area (Å²) in [5.41, 5.74) is 3.33. The van der Waals surface area contributed by atoms with E-state index in [0.717, 1.165) is 26.2 Å². The number of halogens is 1. The van der Waals surface area contributed by atoms with Crippen LogP contribution in [0.5, 0.6) is 0 Å². The van der Waals surface area contributed by atoms with Crippen molar-refractivity contribution in [2.45, 2.75) is 19.4 Å². The van der Waals surface area contributed by atoms with Crippen molar-refractivity contribution in [1.29, 1.82) is 0 Å². The van der Waals surface area contributed by atoms with Gasteiger partial charge in [0.15, 0.2) is 0 Å². The first-order valence-corrected chi connectivity index (χ1v) is 8.33. The molecule has 2 aromatic carbocycles. The van der Waals surface area contributed by atoms with Crippen LogP contribution in [0, 0.1) is 10.5 Å². The zero-order valence-electron chi connectivity index (χ0n) is 12.5. The number of fused-ring (bicyclic) bond motifs is 1. The summed E-state index contributed by atoms with van der Waals surface area (Å²) in [5, 5.41) is 8.80. The molecule has 118 valence electrons. The molecule has 1 heterocycles. The summed E-state index contributed by atoms with van der Waals surface area (Å²) in [5.74, 6) is -0.389. The Hall–Kier alpha value is -2.09. The Labute approximate surface area is 148 Å². The minimum atomic E-state index is -0.575. The SMILES string of the molecule is Cc1cc(I)ccc1NC(=O)C[C@H]1Nc2ccccc2NC1=O. The number of hydrogen-bond acceptors (Lipinski definition) is 3. The molecule has 3 N–H and O–H groups in total. The maximum Gasteiger partial charge on any atom is 0.247 e. The van der Waals surface area contributed by atoms with E-state index in [9.17, 15) is 9.59 Å². The first-order valence-electron chi connectivity index (χ1n) is 7.25. The summed E-state index contributed by atoms with van der Waals surface area (Å²) in [6.45, 7) is 1.94. The van der Waals surface area contributed by atoms with Crippen molar-refractivity contribution in [2.75, 3.05) is 16.0 Å². The number of benzene rings is 2. The Kier molecular flexibility index (Phi) is 4.51. The highest BCUT2D eigenvalue weighted by Gasteiger charge is 2.27. The maximum absolute atomic E-state index is 12.2. The summed E-state index contributed by atoms with van der Waals surface area (Å²) in [4.78, 5) is 24.3. The molecule has 0 spiro atoms. The average molecular weight is 421 g/mol. The Morgan fingerprint density at radius 3 is 2.70 bits per heavy atom. The van der Waals surface area contributed by atoms with Crippen molar-refractivity contribution in [3.05, 3.63) is 51.6 Å². The predicted octanol–water partition coefficient (Wildman–Crippen LogP) is 3.36. The molecule has 0 radical (unpaired) electrons. The van der Waals surface area contributed by atoms with E-state index < -0.39 is 6.04 Å². The van der Waals surface area contributed by atoms with Gasteiger partial charge in [0.25, 0.3) is 0 Å². The molecule has 6 heteroatoms. The summed E-state index contributed by atoms with van der Waals surface area (Å²) >= 11 is 2.23. The number of nitrogens with one attached hydrogen (secondary N) is 3. The van der Waals surface area contributed by atoms with E-state index >= 15 is 0 Å². The van der Waals surface area contributed by atoms with E-state index in [1.807, 2.05) is 49.4 Å². The van der Waals surface area contributed by atoms with Crippen molar-refractivity contribution in [1.82, 2.24) is 0 Å². The molecule has 2 amide bonds. The van der Waals surface area contributed by atoms with Crippen LogP contribution in [0.3, 0.4) is 0 Å². The lowest BCUT2D eigenvalue weighted by molar-refractivity contribution is -0.122. The van der Waals surface area contributed by atoms with Gasteiger partial charge in [0, 0.05) is 9.26 Å². The first kappa shape index (κ1) is 15.8. The molecule has 3 rings (SSSR count). The second-order valence-corrected chi connectivity index (χ2v) is 6.69. The standard InChI is InChI=1S/C17H16IN3O2/c1-10-8-11(18)6-7-12(10)20-16(22)9-15-17(23)21-14-5-3-2-4-13(14)19-15/h2-8,15,19H,9H2,1H3,(H,20,22)(H,21,23)/t15-/m1/s1. The van der Waals surface area contributed by atoms with Crippen molar-refractivity contribution in [3.8, 4) is 0 Å². The molecule has 0 aromatic heterocycles. The Balaban J connectivity index is 1.67. The van der Waals surface area contributed by atoms with Gasteiger partial charge < -0.3 is 16.0 Å². The van der Waals surface area contributed by atoms with E-state index in [1.165, 1.54) is 0 Å². The van der Waals surface area contributed by atoms with Crippen LogP contribution in [0.1, 0.15) is 12.0 Å². The van der Waals surface area contributed by atoms with Crippen LogP contribution in [0.2, 0.25) is 0 Å². The number of aryl methyl sites for hydroxylation is 1. The summed E-state index contributed by atoms with van der Waals surface area (Å²) in [7, 11) is 0. The van der Waals surface area contributed by atoms with Crippen LogP contribution in [-0.2, 0) is 9.59 Å². The van der Waals surface area contributed by atoms with Gasteiger partial charge in [-0.25, -0.2) is 0 Å². The molecule has 1 atom stereocenters. The van der Waals surface area contributed by atoms with E-state index in [2.05, 4.69) is 38.5 Å². The Morgan fingerprint density at radius 1 is 1.22 bits per heavy atom. The molecule has 0 bridgehead atoms. The molecule has 0 saturated heterocycles. The quantitative estimate of drug-likeness (QED) is 0.666. The zero-order chi connectivity index (χ0) is 16.4. The average Bonchev–Trinajstić information content (AvgIpc) is 2.51. The van der Waals surface area contributed by atoms with Crippen molar-refractivity contribution >= 4 is 51.5 Å². The molecular formula is C17H16IN3O2. The molecule has 2 aromatic rings. The van der Waals surface area contributed by atoms with Gasteiger partial charge in [-0.1, -0.05) is 12.1 Å². The minimum Gasteiger partial charge on any atom is -0.372 e. The maximum atomic E-state index is 12.2. The number of carbonyl (C=O) groups is 2. The van der Waals surface area contributed by atoms with Crippen LogP contribution in [0.4, 0.5) is 17.1 Å². The lowest BCUT2D eigenvalue weighted by Crippen LogP contribution is -2.41. The van der Waals surface area contributed by atoms with Gasteiger partial charge in [-0.3, -0.25) is 9.59 Å². The van der Waals surface area contributed by atoms with Crippen LogP contribution in [0.25, 0.3) is 0 Å². The van der Waals surface area contributed by atoms with Gasteiger partial charge in [-0.2, -0.15) is 0 Å². The van der Waals surface area contributed by atoms with Gasteiger partial charge in [0.2, 0.25) is 11.8 Å². The van der Waals surface area contributed by atoms with E-state index in [-0.39, 0.29) is 18.2 Å². The normalized spacial score (nSPS) is 16.1. The largest absolute Gasteiger partial charge is 0.372 e. The van der Waals surface area contributed by atoms with E-state index in [4.69, 9.17) is 0 Å². The Morgan fingerprint density at radius 2 is 1.96 bits per heavy atom. The van der Waals surface area contributed by atoms with Crippen LogP contribution < -0.4 is 16.0 Å². The number of amides is 2. The first-order chi connectivity index (χ1) is 11.0. The van der Waals surface area contributed by atoms with Crippen molar-refractivity contribution in [2.24, 2.45) is 0 Å². The summed E-state index contributed by atoms with van der Waals surface area (Å²) in [6.07, 6.45) is 0.0750. The summed E-state index contributed by atoms with van der Waals surface area (Å²) in [6, 6.07) is 12.7. The lowest BCUT2D eigenvalue weighted by atomic mass is 10.1. The molecular weight excluding hydrogens is 405 g/mol. The lowest BCUT2D eigenvalue weighted by Gasteiger charge is -2.26. The van der Waals surface area contributed by atoms with Crippen LogP contribution in [-0.4, -0.2) is 17.9 Å². The third kappa shape index (κ3) is 3.64. The fourth-order valence-electron chi connectivity index (χ4n) is 2.49. The minimum absolute atomic E-state index is 0.0750. The monoisotopic (exact) mass is 421 g/mol. The fourth-order valence-corrected chi connectivity index (χ4v) is 3.14. The van der Waals surface area contributed by atoms with E-state index in [1.54, 1.807) is 0 Å². The topological polar surface area (TPSA) is 70.2 Å². The van der Waals surface area contributed by atoms with Crippen LogP contribution in [0.15, 0.2) is 42.5 Å². The predicted molar refractivity (Wildman–Crippen MR) is 99.6 cm³/mol. The summed E-state index contributed by atoms with van der Waals surface area (Å²) < 4.78 is 1.11. The van der Waals surface area contributed by atoms with Gasteiger partial charge in [0.05, 0.1) is 17.8 Å². The highest BCUT2D eigenvalue weighted by Crippen LogP contribution is 2.27. The smallest absolute Gasteiger partial charge is 0.247 e. The molecule has 1 aliphatic rings. The number of para-hydroxylation sites is 2. The van der Waals surface area contributed by atoms with E-state index in [0.29, 0.717) is 0 Å². The fraction of sp³-hybridized carbons (Fsp3) is 0.176. The third-order valence-corrected chi connectivity index (χ3v) is 4.35. The van der Waals surface area contributed by atoms with Crippen molar-refractivity contribution < 1.29 is 9.59 Å². The van der Waals surface area contributed by atoms with Crippen molar-refractivity contribution in [3.63, 3.8) is 0 Å². The molecule has 23 heavy (non-hydrogen) atoms. The second kappa shape index (κ2) is 6.57. The molecule has 1 aliphatic heterocycles.